The highest BCUT2D eigenvalue weighted by atomic mass is 79.9. The van der Waals surface area contributed by atoms with Gasteiger partial charge in [0.15, 0.2) is 0 Å². The van der Waals surface area contributed by atoms with Gasteiger partial charge in [-0.05, 0) is 24.6 Å². The van der Waals surface area contributed by atoms with Crippen LogP contribution in [0.1, 0.15) is 19.0 Å². The summed E-state index contributed by atoms with van der Waals surface area (Å²) >= 11 is 3.38. The van der Waals surface area contributed by atoms with E-state index in [1.54, 1.807) is 23.9 Å². The molecule has 0 saturated carbocycles. The van der Waals surface area contributed by atoms with Crippen molar-refractivity contribution < 1.29 is 4.42 Å². The van der Waals surface area contributed by atoms with Crippen LogP contribution in [0.15, 0.2) is 31.9 Å². The molecule has 0 amide bonds. The van der Waals surface area contributed by atoms with Crippen LogP contribution in [0.25, 0.3) is 22.1 Å². The van der Waals surface area contributed by atoms with E-state index in [9.17, 15) is 4.79 Å². The van der Waals surface area contributed by atoms with E-state index in [1.807, 2.05) is 6.07 Å². The monoisotopic (exact) mass is 320 g/mol. The molecule has 2 heterocycles. The van der Waals surface area contributed by atoms with Crippen molar-refractivity contribution in [2.75, 3.05) is 0 Å². The fourth-order valence-corrected chi connectivity index (χ4v) is 2.69. The normalized spacial score (nSPS) is 11.5. The molecule has 0 aliphatic rings. The first-order valence-corrected chi connectivity index (χ1v) is 6.99. The Morgan fingerprint density at radius 2 is 2.21 bits per heavy atom. The molecule has 1 aromatic carbocycles. The Morgan fingerprint density at radius 3 is 2.95 bits per heavy atom. The van der Waals surface area contributed by atoms with Crippen molar-refractivity contribution in [1.82, 2.24) is 9.78 Å². The highest BCUT2D eigenvalue weighted by molar-refractivity contribution is 9.10. The van der Waals surface area contributed by atoms with Gasteiger partial charge < -0.3 is 4.42 Å². The minimum absolute atomic E-state index is 0.00546. The van der Waals surface area contributed by atoms with Crippen molar-refractivity contribution >= 4 is 38.0 Å². The zero-order chi connectivity index (χ0) is 13.6. The van der Waals surface area contributed by atoms with Gasteiger partial charge in [0.2, 0.25) is 11.1 Å². The molecule has 98 valence electrons. The van der Waals surface area contributed by atoms with E-state index >= 15 is 0 Å². The van der Waals surface area contributed by atoms with Crippen LogP contribution < -0.4 is 5.43 Å². The van der Waals surface area contributed by atoms with Crippen LogP contribution >= 0.6 is 15.9 Å². The Labute approximate surface area is 118 Å². The number of hydrogen-bond donors (Lipinski definition) is 0. The second-order valence-electron chi connectivity index (χ2n) is 4.57. The van der Waals surface area contributed by atoms with Gasteiger partial charge in [-0.15, -0.1) is 0 Å². The Balaban J connectivity index is 2.49. The average molecular weight is 321 g/mol. The highest BCUT2D eigenvalue weighted by Gasteiger charge is 2.16. The molecule has 3 rings (SSSR count). The summed E-state index contributed by atoms with van der Waals surface area (Å²) in [6.45, 7) is 2.07. The van der Waals surface area contributed by atoms with Crippen molar-refractivity contribution in [1.29, 1.82) is 0 Å². The van der Waals surface area contributed by atoms with Crippen LogP contribution in [-0.2, 0) is 13.5 Å². The van der Waals surface area contributed by atoms with Gasteiger partial charge in [-0.3, -0.25) is 4.79 Å². The lowest BCUT2D eigenvalue weighted by atomic mass is 10.1. The molecule has 0 aliphatic carbocycles. The molecule has 0 spiro atoms. The van der Waals surface area contributed by atoms with E-state index in [1.165, 1.54) is 0 Å². The van der Waals surface area contributed by atoms with Gasteiger partial charge in [0.1, 0.15) is 11.0 Å². The maximum Gasteiger partial charge on any atom is 0.229 e. The fourth-order valence-electron chi connectivity index (χ4n) is 2.33. The third-order valence-corrected chi connectivity index (χ3v) is 3.67. The standard InChI is InChI=1S/C14H13BrN2O2/c1-3-4-10-12-13(18)9-7-8(15)5-6-11(9)19-14(12)17(2)16-10/h5-7H,3-4H2,1-2H3. The molecular weight excluding hydrogens is 308 g/mol. The van der Waals surface area contributed by atoms with Gasteiger partial charge in [0, 0.05) is 11.5 Å². The predicted molar refractivity (Wildman–Crippen MR) is 78.5 cm³/mol. The summed E-state index contributed by atoms with van der Waals surface area (Å²) in [5.74, 6) is 0. The van der Waals surface area contributed by atoms with Gasteiger partial charge in [0.25, 0.3) is 0 Å². The van der Waals surface area contributed by atoms with E-state index in [4.69, 9.17) is 4.42 Å². The lowest BCUT2D eigenvalue weighted by Gasteiger charge is -1.99. The Morgan fingerprint density at radius 1 is 1.42 bits per heavy atom. The smallest absolute Gasteiger partial charge is 0.229 e. The van der Waals surface area contributed by atoms with Crippen molar-refractivity contribution in [3.63, 3.8) is 0 Å². The molecule has 3 aromatic rings. The Bertz CT molecular complexity index is 833. The zero-order valence-corrected chi connectivity index (χ0v) is 12.3. The topological polar surface area (TPSA) is 48.0 Å². The van der Waals surface area contributed by atoms with E-state index in [0.717, 1.165) is 23.0 Å². The second kappa shape index (κ2) is 4.49. The van der Waals surface area contributed by atoms with Crippen LogP contribution in [0.3, 0.4) is 0 Å². The van der Waals surface area contributed by atoms with Crippen molar-refractivity contribution in [3.05, 3.63) is 38.6 Å². The third-order valence-electron chi connectivity index (χ3n) is 3.17. The fraction of sp³-hybridized carbons (Fsp3) is 0.286. The number of fused-ring (bicyclic) bond motifs is 2. The number of halogens is 1. The molecular formula is C14H13BrN2O2. The lowest BCUT2D eigenvalue weighted by molar-refractivity contribution is 0.598. The number of aryl methyl sites for hydroxylation is 2. The third kappa shape index (κ3) is 1.89. The van der Waals surface area contributed by atoms with Crippen molar-refractivity contribution in [2.45, 2.75) is 19.8 Å². The highest BCUT2D eigenvalue weighted by Crippen LogP contribution is 2.23. The predicted octanol–water partition coefficient (Wildman–Crippen LogP) is 3.39. The van der Waals surface area contributed by atoms with Crippen LogP contribution in [0.2, 0.25) is 0 Å². The zero-order valence-electron chi connectivity index (χ0n) is 10.7. The summed E-state index contributed by atoms with van der Waals surface area (Å²) in [5, 5.41) is 5.59. The SMILES string of the molecule is CCCc1nn(C)c2oc3ccc(Br)cc3c(=O)c12. The maximum atomic E-state index is 12.6. The largest absolute Gasteiger partial charge is 0.438 e. The number of nitrogens with zero attached hydrogens (tertiary/aromatic N) is 2. The summed E-state index contributed by atoms with van der Waals surface area (Å²) in [6, 6.07) is 5.45. The molecule has 19 heavy (non-hydrogen) atoms. The summed E-state index contributed by atoms with van der Waals surface area (Å²) < 4.78 is 8.33. The molecule has 0 atom stereocenters. The average Bonchev–Trinajstić information content (AvgIpc) is 2.68. The number of hydrogen-bond acceptors (Lipinski definition) is 3. The summed E-state index contributed by atoms with van der Waals surface area (Å²) in [5.41, 5.74) is 1.94. The van der Waals surface area contributed by atoms with Crippen molar-refractivity contribution in [3.8, 4) is 0 Å². The van der Waals surface area contributed by atoms with E-state index in [2.05, 4.69) is 28.0 Å². The van der Waals surface area contributed by atoms with E-state index in [-0.39, 0.29) is 5.43 Å². The minimum atomic E-state index is -0.00546. The quantitative estimate of drug-likeness (QED) is 0.727. The van der Waals surface area contributed by atoms with Crippen LogP contribution in [0, 0.1) is 0 Å². The molecule has 5 heteroatoms. The Hall–Kier alpha value is -1.62. The molecule has 0 fully saturated rings. The molecule has 0 N–H and O–H groups in total. The van der Waals surface area contributed by atoms with E-state index < -0.39 is 0 Å². The second-order valence-corrected chi connectivity index (χ2v) is 5.49. The van der Waals surface area contributed by atoms with Gasteiger partial charge in [-0.1, -0.05) is 29.3 Å². The number of rotatable bonds is 2. The molecule has 0 unspecified atom stereocenters. The Kier molecular flexibility index (Phi) is 2.93. The first kappa shape index (κ1) is 12.4. The number of aromatic nitrogens is 2. The summed E-state index contributed by atoms with van der Waals surface area (Å²) in [7, 11) is 1.80. The lowest BCUT2D eigenvalue weighted by Crippen LogP contribution is -2.03. The van der Waals surface area contributed by atoms with Crippen LogP contribution in [0.4, 0.5) is 0 Å². The number of benzene rings is 1. The first-order chi connectivity index (χ1) is 9.11. The molecule has 0 saturated heterocycles. The van der Waals surface area contributed by atoms with Gasteiger partial charge in [0.05, 0.1) is 11.1 Å². The van der Waals surface area contributed by atoms with E-state index in [0.29, 0.717) is 22.1 Å². The van der Waals surface area contributed by atoms with Gasteiger partial charge in [-0.2, -0.15) is 5.10 Å². The van der Waals surface area contributed by atoms with Crippen LogP contribution in [0.5, 0.6) is 0 Å². The summed E-state index contributed by atoms with van der Waals surface area (Å²) in [6.07, 6.45) is 1.73. The van der Waals surface area contributed by atoms with Crippen LogP contribution in [-0.4, -0.2) is 9.78 Å². The molecule has 0 radical (unpaired) electrons. The molecule has 0 bridgehead atoms. The maximum absolute atomic E-state index is 12.6. The van der Waals surface area contributed by atoms with Crippen molar-refractivity contribution in [2.24, 2.45) is 7.05 Å². The summed E-state index contributed by atoms with van der Waals surface area (Å²) in [4.78, 5) is 12.6. The molecule has 0 aliphatic heterocycles. The first-order valence-electron chi connectivity index (χ1n) is 6.19. The van der Waals surface area contributed by atoms with Gasteiger partial charge in [-0.25, -0.2) is 4.68 Å². The minimum Gasteiger partial charge on any atom is -0.438 e. The molecule has 2 aromatic heterocycles. The van der Waals surface area contributed by atoms with Gasteiger partial charge >= 0.3 is 0 Å². The molecule has 4 nitrogen and oxygen atoms in total.